The summed E-state index contributed by atoms with van der Waals surface area (Å²) in [5, 5.41) is 9.19. The maximum atomic E-state index is 11.2. The van der Waals surface area contributed by atoms with Crippen molar-refractivity contribution < 1.29 is 14.6 Å². The number of rotatable bonds is 1. The monoisotopic (exact) mass is 240 g/mol. The Morgan fingerprint density at radius 2 is 1.78 bits per heavy atom. The highest BCUT2D eigenvalue weighted by Gasteiger charge is 2.19. The van der Waals surface area contributed by atoms with Gasteiger partial charge in [0.2, 0.25) is 0 Å². The fourth-order valence-corrected chi connectivity index (χ4v) is 2.31. The van der Waals surface area contributed by atoms with Crippen LogP contribution in [0, 0.1) is 0 Å². The third-order valence-corrected chi connectivity index (χ3v) is 3.20. The molecule has 0 spiro atoms. The minimum Gasteiger partial charge on any atom is -0.478 e. The first-order valence-corrected chi connectivity index (χ1v) is 5.86. The molecule has 0 bridgehead atoms. The molecule has 1 aliphatic heterocycles. The van der Waals surface area contributed by atoms with Crippen molar-refractivity contribution in [3.8, 4) is 11.5 Å². The predicted octanol–water partition coefficient (Wildman–Crippen LogP) is 3.28. The van der Waals surface area contributed by atoms with Crippen molar-refractivity contribution in [3.63, 3.8) is 0 Å². The highest BCUT2D eigenvalue weighted by molar-refractivity contribution is 5.90. The Bertz CT molecular complexity index is 617. The Hall–Kier alpha value is -2.29. The first-order valence-electron chi connectivity index (χ1n) is 5.86. The van der Waals surface area contributed by atoms with Gasteiger partial charge < -0.3 is 9.84 Å². The second-order valence-electron chi connectivity index (χ2n) is 4.30. The third kappa shape index (κ3) is 1.74. The van der Waals surface area contributed by atoms with Crippen molar-refractivity contribution in [2.45, 2.75) is 12.8 Å². The van der Waals surface area contributed by atoms with Crippen LogP contribution in [0.25, 0.3) is 0 Å². The molecule has 0 aromatic heterocycles. The van der Waals surface area contributed by atoms with Crippen LogP contribution >= 0.6 is 0 Å². The van der Waals surface area contributed by atoms with Crippen LogP contribution in [0.5, 0.6) is 11.5 Å². The largest absolute Gasteiger partial charge is 0.478 e. The first-order chi connectivity index (χ1) is 8.75. The summed E-state index contributed by atoms with van der Waals surface area (Å²) in [6, 6.07) is 13.0. The van der Waals surface area contributed by atoms with Gasteiger partial charge in [-0.2, -0.15) is 0 Å². The van der Waals surface area contributed by atoms with Gasteiger partial charge in [-0.25, -0.2) is 4.79 Å². The van der Waals surface area contributed by atoms with Gasteiger partial charge >= 0.3 is 5.97 Å². The SMILES string of the molecule is O=C(O)c1cccc2c1CCc1ccccc1O2. The number of benzene rings is 2. The molecule has 2 aromatic rings. The lowest BCUT2D eigenvalue weighted by molar-refractivity contribution is 0.0695. The molecular formula is C15H12O3. The third-order valence-electron chi connectivity index (χ3n) is 3.20. The van der Waals surface area contributed by atoms with Gasteiger partial charge in [-0.3, -0.25) is 0 Å². The fourth-order valence-electron chi connectivity index (χ4n) is 2.31. The van der Waals surface area contributed by atoms with E-state index in [1.807, 2.05) is 30.3 Å². The van der Waals surface area contributed by atoms with E-state index in [4.69, 9.17) is 4.74 Å². The van der Waals surface area contributed by atoms with Gasteiger partial charge in [-0.15, -0.1) is 0 Å². The summed E-state index contributed by atoms with van der Waals surface area (Å²) in [7, 11) is 0. The number of aryl methyl sites for hydroxylation is 1. The standard InChI is InChI=1S/C15H12O3/c16-15(17)12-5-3-7-14-11(12)9-8-10-4-1-2-6-13(10)18-14/h1-7H,8-9H2,(H,16,17). The molecule has 0 radical (unpaired) electrons. The fraction of sp³-hybridized carbons (Fsp3) is 0.133. The minimum absolute atomic E-state index is 0.334. The number of carboxylic acid groups (broad SMARTS) is 1. The lowest BCUT2D eigenvalue weighted by atomic mass is 10.00. The Morgan fingerprint density at radius 3 is 2.61 bits per heavy atom. The van der Waals surface area contributed by atoms with E-state index in [9.17, 15) is 9.90 Å². The number of hydrogen-bond acceptors (Lipinski definition) is 2. The van der Waals surface area contributed by atoms with Crippen LogP contribution in [0.3, 0.4) is 0 Å². The molecule has 3 heteroatoms. The summed E-state index contributed by atoms with van der Waals surface area (Å²) in [6.07, 6.45) is 1.49. The van der Waals surface area contributed by atoms with E-state index < -0.39 is 5.97 Å². The van der Waals surface area contributed by atoms with Crippen molar-refractivity contribution in [2.24, 2.45) is 0 Å². The molecule has 0 amide bonds. The molecule has 18 heavy (non-hydrogen) atoms. The summed E-state index contributed by atoms with van der Waals surface area (Å²) in [6.45, 7) is 0. The number of carbonyl (C=O) groups is 1. The molecule has 0 atom stereocenters. The number of para-hydroxylation sites is 1. The summed E-state index contributed by atoms with van der Waals surface area (Å²) >= 11 is 0. The summed E-state index contributed by atoms with van der Waals surface area (Å²) < 4.78 is 5.83. The molecule has 0 fully saturated rings. The molecule has 1 heterocycles. The number of ether oxygens (including phenoxy) is 1. The first kappa shape index (κ1) is 10.8. The van der Waals surface area contributed by atoms with E-state index in [1.54, 1.807) is 12.1 Å². The summed E-state index contributed by atoms with van der Waals surface area (Å²) in [5.74, 6) is 0.569. The van der Waals surface area contributed by atoms with E-state index >= 15 is 0 Å². The molecule has 0 saturated carbocycles. The van der Waals surface area contributed by atoms with E-state index in [2.05, 4.69) is 0 Å². The zero-order chi connectivity index (χ0) is 12.5. The van der Waals surface area contributed by atoms with Crippen LogP contribution in [-0.2, 0) is 12.8 Å². The van der Waals surface area contributed by atoms with Crippen molar-refractivity contribution in [1.82, 2.24) is 0 Å². The van der Waals surface area contributed by atoms with Crippen molar-refractivity contribution in [2.75, 3.05) is 0 Å². The zero-order valence-electron chi connectivity index (χ0n) is 9.72. The van der Waals surface area contributed by atoms with Gasteiger partial charge in [0.15, 0.2) is 0 Å². The van der Waals surface area contributed by atoms with Crippen LogP contribution < -0.4 is 4.74 Å². The van der Waals surface area contributed by atoms with Crippen LogP contribution in [0.1, 0.15) is 21.5 Å². The number of hydrogen-bond donors (Lipinski definition) is 1. The molecule has 90 valence electrons. The van der Waals surface area contributed by atoms with Crippen LogP contribution in [0.15, 0.2) is 42.5 Å². The summed E-state index contributed by atoms with van der Waals surface area (Å²) in [4.78, 5) is 11.2. The molecule has 0 saturated heterocycles. The van der Waals surface area contributed by atoms with Gasteiger partial charge in [0.25, 0.3) is 0 Å². The van der Waals surface area contributed by atoms with Crippen molar-refractivity contribution in [3.05, 3.63) is 59.2 Å². The maximum absolute atomic E-state index is 11.2. The average molecular weight is 240 g/mol. The van der Waals surface area contributed by atoms with E-state index in [0.29, 0.717) is 17.7 Å². The molecule has 2 aromatic carbocycles. The molecule has 1 aliphatic rings. The highest BCUT2D eigenvalue weighted by Crippen LogP contribution is 2.34. The van der Waals surface area contributed by atoms with Crippen LogP contribution in [0.2, 0.25) is 0 Å². The summed E-state index contributed by atoms with van der Waals surface area (Å²) in [5.41, 5.74) is 2.23. The van der Waals surface area contributed by atoms with Gasteiger partial charge in [0.1, 0.15) is 11.5 Å². The maximum Gasteiger partial charge on any atom is 0.336 e. The highest BCUT2D eigenvalue weighted by atomic mass is 16.5. The van der Waals surface area contributed by atoms with Gasteiger partial charge in [-0.05, 0) is 36.6 Å². The van der Waals surface area contributed by atoms with Crippen LogP contribution in [-0.4, -0.2) is 11.1 Å². The Balaban J connectivity index is 2.12. The quantitative estimate of drug-likeness (QED) is 0.832. The van der Waals surface area contributed by atoms with E-state index in [1.165, 1.54) is 0 Å². The Morgan fingerprint density at radius 1 is 1.00 bits per heavy atom. The Labute approximate surface area is 105 Å². The van der Waals surface area contributed by atoms with E-state index in [0.717, 1.165) is 23.3 Å². The molecule has 0 unspecified atom stereocenters. The molecule has 3 rings (SSSR count). The molecule has 1 N–H and O–H groups in total. The number of aromatic carboxylic acids is 1. The molecular weight excluding hydrogens is 228 g/mol. The Kier molecular flexibility index (Phi) is 2.52. The van der Waals surface area contributed by atoms with Crippen molar-refractivity contribution in [1.29, 1.82) is 0 Å². The lowest BCUT2D eigenvalue weighted by Gasteiger charge is -2.09. The second kappa shape index (κ2) is 4.18. The van der Waals surface area contributed by atoms with Gasteiger partial charge in [0.05, 0.1) is 5.56 Å². The minimum atomic E-state index is -0.901. The normalized spacial score (nSPS) is 12.9. The molecule has 0 aliphatic carbocycles. The van der Waals surface area contributed by atoms with Gasteiger partial charge in [-0.1, -0.05) is 24.3 Å². The number of fused-ring (bicyclic) bond motifs is 2. The zero-order valence-corrected chi connectivity index (χ0v) is 9.72. The number of carboxylic acids is 1. The average Bonchev–Trinajstić information content (AvgIpc) is 2.56. The van der Waals surface area contributed by atoms with Crippen LogP contribution in [0.4, 0.5) is 0 Å². The molecule has 3 nitrogen and oxygen atoms in total. The van der Waals surface area contributed by atoms with Gasteiger partial charge in [0, 0.05) is 5.56 Å². The lowest BCUT2D eigenvalue weighted by Crippen LogP contribution is -2.03. The van der Waals surface area contributed by atoms with E-state index in [-0.39, 0.29) is 0 Å². The smallest absolute Gasteiger partial charge is 0.336 e. The predicted molar refractivity (Wildman–Crippen MR) is 67.3 cm³/mol. The topological polar surface area (TPSA) is 46.5 Å². The van der Waals surface area contributed by atoms with Crippen molar-refractivity contribution >= 4 is 5.97 Å². The second-order valence-corrected chi connectivity index (χ2v) is 4.30.